The first-order valence-corrected chi connectivity index (χ1v) is 11.1. The molecule has 0 saturated heterocycles. The molecule has 4 saturated carbocycles. The van der Waals surface area contributed by atoms with Crippen LogP contribution in [-0.2, 0) is 19.1 Å². The van der Waals surface area contributed by atoms with Crippen LogP contribution in [0, 0.1) is 23.2 Å². The van der Waals surface area contributed by atoms with Gasteiger partial charge >= 0.3 is 5.97 Å². The molecule has 2 N–H and O–H groups in total. The van der Waals surface area contributed by atoms with E-state index in [2.05, 4.69) is 10.6 Å². The van der Waals surface area contributed by atoms with Crippen LogP contribution < -0.4 is 10.6 Å². The van der Waals surface area contributed by atoms with Crippen molar-refractivity contribution in [3.63, 3.8) is 0 Å². The summed E-state index contributed by atoms with van der Waals surface area (Å²) in [6, 6.07) is 6.53. The van der Waals surface area contributed by atoms with Crippen LogP contribution in [0.15, 0.2) is 24.3 Å². The number of ether oxygens (including phenoxy) is 1. The summed E-state index contributed by atoms with van der Waals surface area (Å²) in [5, 5.41) is 5.26. The van der Waals surface area contributed by atoms with E-state index in [1.807, 2.05) is 0 Å². The zero-order valence-electron chi connectivity index (χ0n) is 17.9. The molecule has 166 valence electrons. The molecule has 0 atom stereocenters. The van der Waals surface area contributed by atoms with E-state index >= 15 is 0 Å². The summed E-state index contributed by atoms with van der Waals surface area (Å²) >= 11 is 0. The Morgan fingerprint density at radius 3 is 2.26 bits per heavy atom. The molecule has 7 nitrogen and oxygen atoms in total. The Morgan fingerprint density at radius 2 is 1.65 bits per heavy atom. The van der Waals surface area contributed by atoms with E-state index in [9.17, 15) is 19.2 Å². The second kappa shape index (κ2) is 8.81. The average molecular weight is 427 g/mol. The maximum atomic E-state index is 12.5. The van der Waals surface area contributed by atoms with E-state index in [4.69, 9.17) is 4.74 Å². The van der Waals surface area contributed by atoms with E-state index in [-0.39, 0.29) is 23.7 Å². The smallest absolute Gasteiger partial charge is 0.325 e. The molecule has 0 aromatic heterocycles. The highest BCUT2D eigenvalue weighted by Gasteiger charge is 2.51. The maximum absolute atomic E-state index is 12.5. The molecule has 7 heteroatoms. The minimum absolute atomic E-state index is 0.105. The van der Waals surface area contributed by atoms with Crippen molar-refractivity contribution in [3.8, 4) is 0 Å². The Morgan fingerprint density at radius 1 is 1.00 bits per heavy atom. The van der Waals surface area contributed by atoms with Gasteiger partial charge in [-0.3, -0.25) is 19.2 Å². The SMILES string of the molecule is CC(=O)c1cccc(NC(=O)COC(=O)CNC(=O)CC23CC4CC(CC(C4)C2)C3)c1. The minimum atomic E-state index is -0.647. The van der Waals surface area contributed by atoms with Crippen LogP contribution in [-0.4, -0.2) is 36.7 Å². The fraction of sp³-hybridized carbons (Fsp3) is 0.583. The Balaban J connectivity index is 1.17. The third-order valence-electron chi connectivity index (χ3n) is 7.05. The first-order valence-electron chi connectivity index (χ1n) is 11.1. The number of carbonyl (C=O) groups is 4. The van der Waals surface area contributed by atoms with Crippen molar-refractivity contribution in [1.29, 1.82) is 0 Å². The van der Waals surface area contributed by atoms with Gasteiger partial charge in [0.1, 0.15) is 6.54 Å². The molecule has 0 radical (unpaired) electrons. The number of benzene rings is 1. The lowest BCUT2D eigenvalue weighted by Gasteiger charge is -2.56. The monoisotopic (exact) mass is 426 g/mol. The number of hydrogen-bond donors (Lipinski definition) is 2. The van der Waals surface area contributed by atoms with Crippen molar-refractivity contribution in [1.82, 2.24) is 5.32 Å². The van der Waals surface area contributed by atoms with Crippen LogP contribution in [0.2, 0.25) is 0 Å². The highest BCUT2D eigenvalue weighted by atomic mass is 16.5. The van der Waals surface area contributed by atoms with E-state index in [0.29, 0.717) is 17.7 Å². The lowest BCUT2D eigenvalue weighted by Crippen LogP contribution is -2.48. The van der Waals surface area contributed by atoms with Gasteiger partial charge < -0.3 is 15.4 Å². The predicted molar refractivity (Wildman–Crippen MR) is 114 cm³/mol. The van der Waals surface area contributed by atoms with Crippen LogP contribution in [0.5, 0.6) is 0 Å². The molecule has 0 aliphatic heterocycles. The summed E-state index contributed by atoms with van der Waals surface area (Å²) in [5.41, 5.74) is 1.06. The summed E-state index contributed by atoms with van der Waals surface area (Å²) in [4.78, 5) is 47.8. The second-order valence-electron chi connectivity index (χ2n) is 9.72. The molecule has 0 spiro atoms. The number of Topliss-reactive ketones (excluding diaryl/α,β-unsaturated/α-hetero) is 1. The van der Waals surface area contributed by atoms with Crippen LogP contribution >= 0.6 is 0 Å². The minimum Gasteiger partial charge on any atom is -0.454 e. The van der Waals surface area contributed by atoms with E-state index in [1.165, 1.54) is 26.2 Å². The molecule has 4 aliphatic carbocycles. The van der Waals surface area contributed by atoms with Crippen LogP contribution in [0.3, 0.4) is 0 Å². The molecule has 31 heavy (non-hydrogen) atoms. The van der Waals surface area contributed by atoms with Crippen molar-refractivity contribution in [2.75, 3.05) is 18.5 Å². The fourth-order valence-electron chi connectivity index (χ4n) is 6.29. The molecule has 4 fully saturated rings. The van der Waals surface area contributed by atoms with Crippen molar-refractivity contribution >= 4 is 29.3 Å². The van der Waals surface area contributed by atoms with Gasteiger partial charge in [-0.2, -0.15) is 0 Å². The zero-order chi connectivity index (χ0) is 22.0. The third kappa shape index (κ3) is 5.32. The number of carbonyl (C=O) groups excluding carboxylic acids is 4. The van der Waals surface area contributed by atoms with E-state index in [1.54, 1.807) is 24.3 Å². The van der Waals surface area contributed by atoms with Gasteiger partial charge in [-0.15, -0.1) is 0 Å². The zero-order valence-corrected chi connectivity index (χ0v) is 17.9. The molecule has 4 bridgehead atoms. The summed E-state index contributed by atoms with van der Waals surface area (Å²) in [6.07, 6.45) is 7.89. The molecule has 1 aromatic rings. The Kier molecular flexibility index (Phi) is 6.12. The van der Waals surface area contributed by atoms with Crippen LogP contribution in [0.4, 0.5) is 5.69 Å². The summed E-state index contributed by atoms with van der Waals surface area (Å²) in [7, 11) is 0. The molecule has 4 aliphatic rings. The fourth-order valence-corrected chi connectivity index (χ4v) is 6.29. The average Bonchev–Trinajstić information content (AvgIpc) is 2.69. The first kappa shape index (κ1) is 21.5. The second-order valence-corrected chi connectivity index (χ2v) is 9.72. The highest BCUT2D eigenvalue weighted by Crippen LogP contribution is 2.61. The summed E-state index contributed by atoms with van der Waals surface area (Å²) in [5.74, 6) is 0.965. The van der Waals surface area contributed by atoms with Gasteiger partial charge in [0.25, 0.3) is 5.91 Å². The Hall–Kier alpha value is -2.70. The number of amides is 2. The van der Waals surface area contributed by atoms with Gasteiger partial charge in [-0.25, -0.2) is 0 Å². The molecule has 0 unspecified atom stereocenters. The lowest BCUT2D eigenvalue weighted by molar-refractivity contribution is -0.147. The number of nitrogens with one attached hydrogen (secondary N) is 2. The standard InChI is InChI=1S/C24H30N2O5/c1-15(27)19-3-2-4-20(8-19)26-22(29)14-31-23(30)13-25-21(28)12-24-9-16-5-17(10-24)7-18(6-16)11-24/h2-4,8,16-18H,5-7,9-14H2,1H3,(H,25,28)(H,26,29). The van der Waals surface area contributed by atoms with Gasteiger partial charge in [-0.05, 0) is 80.8 Å². The van der Waals surface area contributed by atoms with Crippen molar-refractivity contribution in [2.24, 2.45) is 23.2 Å². The molecule has 1 aromatic carbocycles. The summed E-state index contributed by atoms with van der Waals surface area (Å²) < 4.78 is 4.97. The van der Waals surface area contributed by atoms with E-state index in [0.717, 1.165) is 37.0 Å². The van der Waals surface area contributed by atoms with Crippen LogP contribution in [0.25, 0.3) is 0 Å². The molecular formula is C24H30N2O5. The van der Waals surface area contributed by atoms with Gasteiger partial charge in [0.15, 0.2) is 12.4 Å². The quantitative estimate of drug-likeness (QED) is 0.491. The number of rotatable bonds is 8. The van der Waals surface area contributed by atoms with Crippen molar-refractivity contribution < 1.29 is 23.9 Å². The van der Waals surface area contributed by atoms with Gasteiger partial charge in [-0.1, -0.05) is 12.1 Å². The van der Waals surface area contributed by atoms with Crippen LogP contribution in [0.1, 0.15) is 62.2 Å². The highest BCUT2D eigenvalue weighted by molar-refractivity contribution is 5.97. The van der Waals surface area contributed by atoms with Gasteiger partial charge in [0.05, 0.1) is 0 Å². The number of esters is 1. The Bertz CT molecular complexity index is 858. The predicted octanol–water partition coefficient (Wildman–Crippen LogP) is 3.09. The van der Waals surface area contributed by atoms with Crippen molar-refractivity contribution in [2.45, 2.75) is 51.9 Å². The molecule has 0 heterocycles. The first-order chi connectivity index (χ1) is 14.8. The third-order valence-corrected chi connectivity index (χ3v) is 7.05. The molecular weight excluding hydrogens is 396 g/mol. The molecule has 5 rings (SSSR count). The summed E-state index contributed by atoms with van der Waals surface area (Å²) in [6.45, 7) is 0.756. The Labute approximate surface area is 182 Å². The number of hydrogen-bond acceptors (Lipinski definition) is 5. The lowest BCUT2D eigenvalue weighted by atomic mass is 9.49. The molecule has 2 amide bonds. The number of ketones is 1. The van der Waals surface area contributed by atoms with E-state index < -0.39 is 18.5 Å². The van der Waals surface area contributed by atoms with Gasteiger partial charge in [0, 0.05) is 17.7 Å². The van der Waals surface area contributed by atoms with Gasteiger partial charge in [0.2, 0.25) is 5.91 Å². The topological polar surface area (TPSA) is 102 Å². The number of anilines is 1. The maximum Gasteiger partial charge on any atom is 0.325 e. The van der Waals surface area contributed by atoms with Crippen molar-refractivity contribution in [3.05, 3.63) is 29.8 Å². The largest absolute Gasteiger partial charge is 0.454 e. The normalized spacial score (nSPS) is 28.1.